The lowest BCUT2D eigenvalue weighted by Gasteiger charge is -2.13. The minimum atomic E-state index is -0.569. The molecule has 0 fully saturated rings. The summed E-state index contributed by atoms with van der Waals surface area (Å²) in [5.41, 5.74) is 0.869. The number of rotatable bonds is 5. The number of carbonyl (C=O) groups excluding carboxylic acids is 1. The van der Waals surface area contributed by atoms with Crippen LogP contribution in [0.1, 0.15) is 12.5 Å². The monoisotopic (exact) mass is 309 g/mol. The third-order valence-electron chi connectivity index (χ3n) is 3.10. The standard InChI is InChI=1S/C19H19NO3/c1-15(23-18-8-4-3-5-9-18)19(21)20-14-6-7-16-10-12-17(22-2)13-11-16/h3-5,8-13,15H,14H2,1-2H3,(H,20,21). The first-order valence-electron chi connectivity index (χ1n) is 7.31. The van der Waals surface area contributed by atoms with Crippen LogP contribution in [-0.4, -0.2) is 25.7 Å². The summed E-state index contributed by atoms with van der Waals surface area (Å²) in [5, 5.41) is 2.73. The summed E-state index contributed by atoms with van der Waals surface area (Å²) >= 11 is 0. The molecule has 1 N–H and O–H groups in total. The van der Waals surface area contributed by atoms with Crippen LogP contribution in [0, 0.1) is 11.8 Å². The maximum absolute atomic E-state index is 11.9. The van der Waals surface area contributed by atoms with E-state index in [-0.39, 0.29) is 12.5 Å². The van der Waals surface area contributed by atoms with E-state index in [0.717, 1.165) is 11.3 Å². The van der Waals surface area contributed by atoms with Crippen molar-refractivity contribution in [3.05, 3.63) is 60.2 Å². The maximum Gasteiger partial charge on any atom is 0.261 e. The maximum atomic E-state index is 11.9. The molecule has 0 saturated heterocycles. The third kappa shape index (κ3) is 5.40. The Morgan fingerprint density at radius 2 is 1.78 bits per heavy atom. The van der Waals surface area contributed by atoms with E-state index in [0.29, 0.717) is 5.75 Å². The molecule has 0 spiro atoms. The third-order valence-corrected chi connectivity index (χ3v) is 3.10. The van der Waals surface area contributed by atoms with Gasteiger partial charge < -0.3 is 14.8 Å². The minimum absolute atomic E-state index is 0.196. The number of methoxy groups -OCH3 is 1. The second-order valence-corrected chi connectivity index (χ2v) is 4.82. The molecular formula is C19H19NO3. The van der Waals surface area contributed by atoms with E-state index in [1.807, 2.05) is 54.6 Å². The van der Waals surface area contributed by atoms with Crippen LogP contribution < -0.4 is 14.8 Å². The second kappa shape index (κ2) is 8.50. The first-order chi connectivity index (χ1) is 11.2. The minimum Gasteiger partial charge on any atom is -0.497 e. The van der Waals surface area contributed by atoms with Crippen molar-refractivity contribution in [2.24, 2.45) is 0 Å². The number of amides is 1. The smallest absolute Gasteiger partial charge is 0.261 e. The lowest BCUT2D eigenvalue weighted by atomic mass is 10.2. The van der Waals surface area contributed by atoms with Crippen LogP contribution >= 0.6 is 0 Å². The predicted molar refractivity (Wildman–Crippen MR) is 89.4 cm³/mol. The molecule has 0 aromatic heterocycles. The van der Waals surface area contributed by atoms with E-state index in [9.17, 15) is 4.79 Å². The molecule has 2 aromatic rings. The van der Waals surface area contributed by atoms with Gasteiger partial charge in [0.1, 0.15) is 11.5 Å². The molecule has 0 saturated carbocycles. The summed E-state index contributed by atoms with van der Waals surface area (Å²) in [6, 6.07) is 16.7. The predicted octanol–water partition coefficient (Wildman–Crippen LogP) is 2.63. The first kappa shape index (κ1) is 16.4. The molecule has 2 rings (SSSR count). The van der Waals surface area contributed by atoms with Crippen molar-refractivity contribution in [1.29, 1.82) is 0 Å². The summed E-state index contributed by atoms with van der Waals surface area (Å²) < 4.78 is 10.6. The average Bonchev–Trinajstić information content (AvgIpc) is 2.60. The van der Waals surface area contributed by atoms with E-state index < -0.39 is 6.10 Å². The van der Waals surface area contributed by atoms with Crippen LogP contribution in [-0.2, 0) is 4.79 Å². The van der Waals surface area contributed by atoms with Gasteiger partial charge in [-0.05, 0) is 43.3 Å². The van der Waals surface area contributed by atoms with Gasteiger partial charge in [-0.15, -0.1) is 0 Å². The zero-order chi connectivity index (χ0) is 16.5. The Kier molecular flexibility index (Phi) is 6.07. The molecule has 118 valence electrons. The summed E-state index contributed by atoms with van der Waals surface area (Å²) in [4.78, 5) is 11.9. The van der Waals surface area contributed by atoms with Gasteiger partial charge in [-0.25, -0.2) is 0 Å². The highest BCUT2D eigenvalue weighted by Crippen LogP contribution is 2.11. The van der Waals surface area contributed by atoms with Crippen LogP contribution in [0.25, 0.3) is 0 Å². The Hall–Kier alpha value is -2.93. The van der Waals surface area contributed by atoms with E-state index in [4.69, 9.17) is 9.47 Å². The quantitative estimate of drug-likeness (QED) is 0.864. The fourth-order valence-corrected chi connectivity index (χ4v) is 1.85. The van der Waals surface area contributed by atoms with Crippen LogP contribution in [0.3, 0.4) is 0 Å². The van der Waals surface area contributed by atoms with E-state index in [2.05, 4.69) is 17.2 Å². The number of para-hydroxylation sites is 1. The zero-order valence-corrected chi connectivity index (χ0v) is 13.2. The zero-order valence-electron chi connectivity index (χ0n) is 13.2. The number of ether oxygens (including phenoxy) is 2. The molecule has 1 atom stereocenters. The molecule has 0 aliphatic carbocycles. The highest BCUT2D eigenvalue weighted by atomic mass is 16.5. The fraction of sp³-hybridized carbons (Fsp3) is 0.211. The van der Waals surface area contributed by atoms with Crippen molar-refractivity contribution in [3.63, 3.8) is 0 Å². The molecule has 0 bridgehead atoms. The Morgan fingerprint density at radius 1 is 1.09 bits per heavy atom. The van der Waals surface area contributed by atoms with Gasteiger partial charge in [0.05, 0.1) is 13.7 Å². The number of hydrogen-bond donors (Lipinski definition) is 1. The highest BCUT2D eigenvalue weighted by molar-refractivity contribution is 5.80. The second-order valence-electron chi connectivity index (χ2n) is 4.82. The number of benzene rings is 2. The van der Waals surface area contributed by atoms with E-state index in [1.165, 1.54) is 0 Å². The summed E-state index contributed by atoms with van der Waals surface area (Å²) in [6.45, 7) is 1.98. The van der Waals surface area contributed by atoms with Crippen molar-refractivity contribution in [1.82, 2.24) is 5.32 Å². The Balaban J connectivity index is 1.79. The number of nitrogens with one attached hydrogen (secondary N) is 1. The van der Waals surface area contributed by atoms with Crippen molar-refractivity contribution in [2.75, 3.05) is 13.7 Å². The highest BCUT2D eigenvalue weighted by Gasteiger charge is 2.13. The van der Waals surface area contributed by atoms with Crippen LogP contribution in [0.5, 0.6) is 11.5 Å². The summed E-state index contributed by atoms with van der Waals surface area (Å²) in [6.07, 6.45) is -0.569. The largest absolute Gasteiger partial charge is 0.497 e. The van der Waals surface area contributed by atoms with Crippen LogP contribution in [0.15, 0.2) is 54.6 Å². The number of hydrogen-bond acceptors (Lipinski definition) is 3. The molecular weight excluding hydrogens is 290 g/mol. The van der Waals surface area contributed by atoms with E-state index in [1.54, 1.807) is 14.0 Å². The number of carbonyl (C=O) groups is 1. The molecule has 0 aliphatic heterocycles. The molecule has 23 heavy (non-hydrogen) atoms. The van der Waals surface area contributed by atoms with Gasteiger partial charge in [0.15, 0.2) is 6.10 Å². The molecule has 1 unspecified atom stereocenters. The first-order valence-corrected chi connectivity index (χ1v) is 7.31. The molecule has 0 heterocycles. The van der Waals surface area contributed by atoms with Crippen molar-refractivity contribution >= 4 is 5.91 Å². The molecule has 0 radical (unpaired) electrons. The summed E-state index contributed by atoms with van der Waals surface area (Å²) in [7, 11) is 1.62. The van der Waals surface area contributed by atoms with Crippen LogP contribution in [0.2, 0.25) is 0 Å². The Morgan fingerprint density at radius 3 is 2.43 bits per heavy atom. The molecule has 2 aromatic carbocycles. The molecule has 0 aliphatic rings. The van der Waals surface area contributed by atoms with Gasteiger partial charge in [-0.3, -0.25) is 4.79 Å². The van der Waals surface area contributed by atoms with Gasteiger partial charge in [-0.2, -0.15) is 0 Å². The van der Waals surface area contributed by atoms with Gasteiger partial charge in [0.25, 0.3) is 5.91 Å². The molecule has 1 amide bonds. The van der Waals surface area contributed by atoms with Crippen molar-refractivity contribution < 1.29 is 14.3 Å². The fourth-order valence-electron chi connectivity index (χ4n) is 1.85. The lowest BCUT2D eigenvalue weighted by Crippen LogP contribution is -2.36. The molecule has 4 heteroatoms. The van der Waals surface area contributed by atoms with Crippen LogP contribution in [0.4, 0.5) is 0 Å². The van der Waals surface area contributed by atoms with Crippen molar-refractivity contribution in [2.45, 2.75) is 13.0 Å². The normalized spacial score (nSPS) is 10.9. The van der Waals surface area contributed by atoms with Crippen molar-refractivity contribution in [3.8, 4) is 23.3 Å². The lowest BCUT2D eigenvalue weighted by molar-refractivity contribution is -0.126. The summed E-state index contributed by atoms with van der Waals surface area (Å²) in [5.74, 6) is 7.15. The van der Waals surface area contributed by atoms with Gasteiger partial charge in [-0.1, -0.05) is 30.0 Å². The average molecular weight is 309 g/mol. The van der Waals surface area contributed by atoms with Gasteiger partial charge >= 0.3 is 0 Å². The Bertz CT molecular complexity index is 684. The van der Waals surface area contributed by atoms with Gasteiger partial charge in [0, 0.05) is 5.56 Å². The SMILES string of the molecule is COc1ccc(C#CCNC(=O)C(C)Oc2ccccc2)cc1. The Labute approximate surface area is 136 Å². The topological polar surface area (TPSA) is 47.6 Å². The van der Waals surface area contributed by atoms with E-state index >= 15 is 0 Å². The van der Waals surface area contributed by atoms with Gasteiger partial charge in [0.2, 0.25) is 0 Å². The molecule has 4 nitrogen and oxygen atoms in total.